The molecule has 1 N–H and O–H groups in total. The van der Waals surface area contributed by atoms with Crippen molar-refractivity contribution in [3.8, 4) is 28.4 Å². The van der Waals surface area contributed by atoms with Crippen molar-refractivity contribution in [2.24, 2.45) is 0 Å². The minimum Gasteiger partial charge on any atom is -0.493 e. The number of rotatable bonds is 10. The Balaban J connectivity index is 1.44. The minimum atomic E-state index is -0.391. The molecule has 0 radical (unpaired) electrons. The van der Waals surface area contributed by atoms with Crippen LogP contribution < -0.4 is 14.8 Å². The summed E-state index contributed by atoms with van der Waals surface area (Å²) in [5, 5.41) is 3.45. The van der Waals surface area contributed by atoms with E-state index in [0.717, 1.165) is 18.4 Å². The van der Waals surface area contributed by atoms with E-state index in [-0.39, 0.29) is 18.6 Å². The first-order valence-electron chi connectivity index (χ1n) is 13.3. The van der Waals surface area contributed by atoms with Gasteiger partial charge in [-0.15, -0.1) is 0 Å². The lowest BCUT2D eigenvalue weighted by Crippen LogP contribution is -2.42. The Kier molecular flexibility index (Phi) is 8.86. The molecule has 0 unspecified atom stereocenters. The fraction of sp³-hybridized carbons (Fsp3) is 0.258. The maximum absolute atomic E-state index is 13.5. The summed E-state index contributed by atoms with van der Waals surface area (Å²) in [6.45, 7) is 0.764. The number of anilines is 1. The summed E-state index contributed by atoms with van der Waals surface area (Å²) in [7, 11) is 3.13. The molecule has 4 aromatic rings. The predicted octanol–water partition coefficient (Wildman–Crippen LogP) is 5.47. The first kappa shape index (κ1) is 28.2. The van der Waals surface area contributed by atoms with E-state index >= 15 is 0 Å². The molecule has 0 bridgehead atoms. The van der Waals surface area contributed by atoms with Crippen molar-refractivity contribution in [1.82, 2.24) is 14.5 Å². The zero-order valence-corrected chi connectivity index (χ0v) is 23.6. The second kappa shape index (κ2) is 12.9. The summed E-state index contributed by atoms with van der Waals surface area (Å²) in [5.41, 5.74) is 2.71. The molecule has 1 atom stereocenters. The minimum absolute atomic E-state index is 0.127. The van der Waals surface area contributed by atoms with Crippen molar-refractivity contribution in [3.05, 3.63) is 89.6 Å². The quantitative estimate of drug-likeness (QED) is 0.270. The van der Waals surface area contributed by atoms with E-state index < -0.39 is 5.91 Å². The van der Waals surface area contributed by atoms with Gasteiger partial charge >= 0.3 is 0 Å². The second-order valence-electron chi connectivity index (χ2n) is 9.60. The molecule has 2 heterocycles. The molecule has 9 nitrogen and oxygen atoms in total. The number of hydrogen-bond donors (Lipinski definition) is 1. The standard InChI is InChI=1S/C31H31ClN4O5/c1-39-27-15-14-24(17-28(27)40-2)36-19-26(21-7-4-3-5-8-21)33-31(36)34-29(37)20-35(18-25-9-6-16-41-25)30(38)22-10-12-23(32)13-11-22/h3-5,7-8,10-15,17,19,25H,6,9,16,18,20H2,1-2H3,(H,33,34,37)/t25-/m0/s1. The van der Waals surface area contributed by atoms with E-state index in [2.05, 4.69) is 5.32 Å². The van der Waals surface area contributed by atoms with Crippen LogP contribution in [-0.2, 0) is 9.53 Å². The highest BCUT2D eigenvalue weighted by Crippen LogP contribution is 2.32. The highest BCUT2D eigenvalue weighted by atomic mass is 35.5. The van der Waals surface area contributed by atoms with E-state index in [1.807, 2.05) is 42.6 Å². The second-order valence-corrected chi connectivity index (χ2v) is 10.0. The number of methoxy groups -OCH3 is 2. The van der Waals surface area contributed by atoms with Gasteiger partial charge in [0, 0.05) is 41.6 Å². The first-order chi connectivity index (χ1) is 19.9. The van der Waals surface area contributed by atoms with Crippen molar-refractivity contribution in [1.29, 1.82) is 0 Å². The summed E-state index contributed by atoms with van der Waals surface area (Å²) in [6.07, 6.45) is 3.47. The largest absolute Gasteiger partial charge is 0.493 e. The molecule has 1 aliphatic heterocycles. The van der Waals surface area contributed by atoms with Crippen LogP contribution in [0.15, 0.2) is 79.0 Å². The average molecular weight is 575 g/mol. The number of aromatic nitrogens is 2. The van der Waals surface area contributed by atoms with Crippen LogP contribution in [0, 0.1) is 0 Å². The van der Waals surface area contributed by atoms with Crippen molar-refractivity contribution in [3.63, 3.8) is 0 Å². The van der Waals surface area contributed by atoms with Gasteiger partial charge in [0.25, 0.3) is 5.91 Å². The summed E-state index contributed by atoms with van der Waals surface area (Å²) >= 11 is 6.02. The molecule has 1 aromatic heterocycles. The Bertz CT molecular complexity index is 1500. The van der Waals surface area contributed by atoms with E-state index in [9.17, 15) is 9.59 Å². The topological polar surface area (TPSA) is 94.9 Å². The number of benzene rings is 3. The van der Waals surface area contributed by atoms with Gasteiger partial charge in [-0.05, 0) is 49.2 Å². The Morgan fingerprint density at radius 3 is 2.49 bits per heavy atom. The molecule has 0 saturated carbocycles. The molecule has 212 valence electrons. The fourth-order valence-electron chi connectivity index (χ4n) is 4.75. The van der Waals surface area contributed by atoms with Crippen LogP contribution in [0.4, 0.5) is 5.95 Å². The molecular weight excluding hydrogens is 544 g/mol. The van der Waals surface area contributed by atoms with Gasteiger partial charge in [-0.2, -0.15) is 0 Å². The number of amides is 2. The molecule has 1 saturated heterocycles. The van der Waals surface area contributed by atoms with E-state index in [0.29, 0.717) is 52.6 Å². The molecule has 2 amide bonds. The van der Waals surface area contributed by atoms with Crippen molar-refractivity contribution in [2.45, 2.75) is 18.9 Å². The number of ether oxygens (including phenoxy) is 3. The Hall–Kier alpha value is -4.34. The number of halogens is 1. The SMILES string of the molecule is COc1ccc(-n2cc(-c3ccccc3)nc2NC(=O)CN(C[C@@H]2CCCO2)C(=O)c2ccc(Cl)cc2)cc1OC. The van der Waals surface area contributed by atoms with Crippen LogP contribution in [0.5, 0.6) is 11.5 Å². The van der Waals surface area contributed by atoms with Crippen LogP contribution in [0.25, 0.3) is 16.9 Å². The zero-order chi connectivity index (χ0) is 28.8. The van der Waals surface area contributed by atoms with Gasteiger partial charge in [0.2, 0.25) is 11.9 Å². The van der Waals surface area contributed by atoms with Crippen LogP contribution in [0.3, 0.4) is 0 Å². The van der Waals surface area contributed by atoms with Gasteiger partial charge in [-0.1, -0.05) is 41.9 Å². The first-order valence-corrected chi connectivity index (χ1v) is 13.7. The van der Waals surface area contributed by atoms with E-state index in [1.165, 1.54) is 4.90 Å². The van der Waals surface area contributed by atoms with Crippen molar-refractivity contribution >= 4 is 29.4 Å². The third-order valence-corrected chi connectivity index (χ3v) is 7.08. The third kappa shape index (κ3) is 6.70. The molecule has 3 aromatic carbocycles. The summed E-state index contributed by atoms with van der Waals surface area (Å²) in [5.74, 6) is 0.749. The molecular formula is C31H31ClN4O5. The molecule has 41 heavy (non-hydrogen) atoms. The molecule has 5 rings (SSSR count). The lowest BCUT2D eigenvalue weighted by molar-refractivity contribution is -0.117. The average Bonchev–Trinajstić information content (AvgIpc) is 3.67. The monoisotopic (exact) mass is 574 g/mol. The zero-order valence-electron chi connectivity index (χ0n) is 22.9. The Labute approximate surface area is 243 Å². The number of carbonyl (C=O) groups excluding carboxylic acids is 2. The lowest BCUT2D eigenvalue weighted by atomic mass is 10.1. The van der Waals surface area contributed by atoms with Crippen molar-refractivity contribution < 1.29 is 23.8 Å². The summed E-state index contributed by atoms with van der Waals surface area (Å²) in [4.78, 5) is 33.2. The smallest absolute Gasteiger partial charge is 0.254 e. The van der Waals surface area contributed by atoms with E-state index in [4.69, 9.17) is 30.8 Å². The molecule has 0 spiro atoms. The number of nitrogens with zero attached hydrogens (tertiary/aromatic N) is 3. The lowest BCUT2D eigenvalue weighted by Gasteiger charge is -2.25. The van der Waals surface area contributed by atoms with Gasteiger partial charge in [0.1, 0.15) is 6.54 Å². The molecule has 1 aliphatic rings. The van der Waals surface area contributed by atoms with Crippen molar-refractivity contribution in [2.75, 3.05) is 39.2 Å². The Morgan fingerprint density at radius 1 is 1.05 bits per heavy atom. The van der Waals surface area contributed by atoms with Gasteiger partial charge < -0.3 is 19.1 Å². The number of hydrogen-bond acceptors (Lipinski definition) is 6. The summed E-state index contributed by atoms with van der Waals surface area (Å²) in [6, 6.07) is 21.7. The van der Waals surface area contributed by atoms with Crippen LogP contribution >= 0.6 is 11.6 Å². The maximum atomic E-state index is 13.5. The number of carbonyl (C=O) groups is 2. The third-order valence-electron chi connectivity index (χ3n) is 6.83. The highest BCUT2D eigenvalue weighted by Gasteiger charge is 2.26. The molecule has 0 aliphatic carbocycles. The normalized spacial score (nSPS) is 14.5. The number of imidazole rings is 1. The fourth-order valence-corrected chi connectivity index (χ4v) is 4.88. The Morgan fingerprint density at radius 2 is 1.80 bits per heavy atom. The summed E-state index contributed by atoms with van der Waals surface area (Å²) < 4.78 is 18.4. The van der Waals surface area contributed by atoms with Gasteiger partial charge in [0.15, 0.2) is 11.5 Å². The predicted molar refractivity (Wildman–Crippen MR) is 157 cm³/mol. The van der Waals surface area contributed by atoms with Gasteiger partial charge in [0.05, 0.1) is 31.7 Å². The highest BCUT2D eigenvalue weighted by molar-refractivity contribution is 6.30. The molecule has 1 fully saturated rings. The maximum Gasteiger partial charge on any atom is 0.254 e. The van der Waals surface area contributed by atoms with E-state index in [1.54, 1.807) is 55.2 Å². The molecule has 10 heteroatoms. The number of nitrogens with one attached hydrogen (secondary N) is 1. The van der Waals surface area contributed by atoms with Crippen LogP contribution in [0.1, 0.15) is 23.2 Å². The van der Waals surface area contributed by atoms with Gasteiger partial charge in [-0.3, -0.25) is 19.5 Å². The van der Waals surface area contributed by atoms with Crippen LogP contribution in [-0.4, -0.2) is 66.3 Å². The van der Waals surface area contributed by atoms with Crippen LogP contribution in [0.2, 0.25) is 5.02 Å². The van der Waals surface area contributed by atoms with Gasteiger partial charge in [-0.25, -0.2) is 4.98 Å².